The summed E-state index contributed by atoms with van der Waals surface area (Å²) in [5, 5.41) is 0. The van der Waals surface area contributed by atoms with Gasteiger partial charge in [-0.05, 0) is 13.8 Å². The highest BCUT2D eigenvalue weighted by molar-refractivity contribution is 6.18. The van der Waals surface area contributed by atoms with Crippen molar-refractivity contribution in [1.29, 1.82) is 0 Å². The van der Waals surface area contributed by atoms with Gasteiger partial charge in [0.15, 0.2) is 0 Å². The second-order valence-corrected chi connectivity index (χ2v) is 2.33. The van der Waals surface area contributed by atoms with Gasteiger partial charge in [0.1, 0.15) is 11.6 Å². The summed E-state index contributed by atoms with van der Waals surface area (Å²) < 4.78 is 0. The van der Waals surface area contributed by atoms with Crippen LogP contribution in [0, 0.1) is 0 Å². The monoisotopic (exact) mass is 176 g/mol. The lowest BCUT2D eigenvalue weighted by molar-refractivity contribution is -0.124. The highest BCUT2D eigenvalue weighted by atomic mass is 35.5. The first kappa shape index (κ1) is 13.0. The first-order chi connectivity index (χ1) is 5.04. The van der Waals surface area contributed by atoms with Crippen LogP contribution >= 0.6 is 11.6 Å². The molecule has 0 N–H and O–H groups in total. The molecule has 64 valence electrons. The number of Topliss-reactive ketones (excluding diaryl/α,β-unsaturated/α-hetero) is 2. The van der Waals surface area contributed by atoms with Crippen molar-refractivity contribution >= 4 is 23.2 Å². The Bertz CT molecular complexity index is 129. The van der Waals surface area contributed by atoms with Crippen LogP contribution in [0.1, 0.15) is 20.3 Å². The highest BCUT2D eigenvalue weighted by Gasteiger charge is 1.94. The minimum absolute atomic E-state index is 0.0625. The number of hydrogen-bond donors (Lipinski definition) is 0. The third-order valence-corrected chi connectivity index (χ3v) is 0.825. The van der Waals surface area contributed by atoms with Gasteiger partial charge >= 0.3 is 0 Å². The molecule has 0 amide bonds. The van der Waals surface area contributed by atoms with Crippen LogP contribution in [0.3, 0.4) is 0 Å². The normalized spacial score (nSPS) is 7.55. The van der Waals surface area contributed by atoms with Crippen molar-refractivity contribution in [2.75, 3.05) is 5.88 Å². The molecular weight excluding hydrogens is 164 g/mol. The van der Waals surface area contributed by atoms with Crippen molar-refractivity contribution in [2.45, 2.75) is 20.3 Å². The fraction of sp³-hybridized carbons (Fsp3) is 0.500. The lowest BCUT2D eigenvalue weighted by Gasteiger charge is -1.81. The Morgan fingerprint density at radius 3 is 1.64 bits per heavy atom. The number of alkyl halides is 1. The number of hydrogen-bond acceptors (Lipinski definition) is 2. The Kier molecular flexibility index (Phi) is 11.1. The molecule has 0 aliphatic heterocycles. The van der Waals surface area contributed by atoms with Crippen LogP contribution in [0.2, 0.25) is 0 Å². The van der Waals surface area contributed by atoms with Crippen LogP contribution < -0.4 is 0 Å². The second kappa shape index (κ2) is 9.37. The lowest BCUT2D eigenvalue weighted by Crippen LogP contribution is -1.97. The summed E-state index contributed by atoms with van der Waals surface area (Å²) in [5.41, 5.74) is 0. The molecule has 0 aromatic heterocycles. The summed E-state index contributed by atoms with van der Waals surface area (Å²) in [4.78, 5) is 20.1. The van der Waals surface area contributed by atoms with Crippen LogP contribution in [-0.2, 0) is 9.59 Å². The Balaban J connectivity index is 0. The van der Waals surface area contributed by atoms with E-state index in [0.717, 1.165) is 0 Å². The zero-order chi connectivity index (χ0) is 9.28. The zero-order valence-corrected chi connectivity index (χ0v) is 7.65. The minimum Gasteiger partial charge on any atom is -0.300 e. The van der Waals surface area contributed by atoms with Gasteiger partial charge in [-0.1, -0.05) is 6.08 Å². The first-order valence-corrected chi connectivity index (χ1v) is 3.73. The maximum Gasteiger partial charge on any atom is 0.137 e. The van der Waals surface area contributed by atoms with E-state index in [2.05, 4.69) is 6.58 Å². The van der Waals surface area contributed by atoms with Gasteiger partial charge in [0.2, 0.25) is 0 Å². The largest absolute Gasteiger partial charge is 0.300 e. The molecule has 11 heavy (non-hydrogen) atoms. The van der Waals surface area contributed by atoms with Crippen LogP contribution in [0.5, 0.6) is 0 Å². The number of rotatable bonds is 3. The van der Waals surface area contributed by atoms with E-state index in [1.54, 1.807) is 6.08 Å². The predicted octanol–water partition coefficient (Wildman–Crippen LogP) is 1.97. The maximum absolute atomic E-state index is 10.0. The van der Waals surface area contributed by atoms with E-state index in [-0.39, 0.29) is 18.0 Å². The molecule has 0 saturated heterocycles. The molecule has 0 aromatic rings. The lowest BCUT2D eigenvalue weighted by atomic mass is 10.2. The average Bonchev–Trinajstić information content (AvgIpc) is 1.85. The molecule has 0 radical (unpaired) electrons. The van der Waals surface area contributed by atoms with Crippen LogP contribution in [0.4, 0.5) is 0 Å². The summed E-state index contributed by atoms with van der Waals surface area (Å²) >= 11 is 5.07. The topological polar surface area (TPSA) is 34.1 Å². The quantitative estimate of drug-likeness (QED) is 0.374. The minimum atomic E-state index is -0.0625. The summed E-state index contributed by atoms with van der Waals surface area (Å²) in [6, 6.07) is 0. The van der Waals surface area contributed by atoms with E-state index < -0.39 is 0 Å². The van der Waals surface area contributed by atoms with E-state index >= 15 is 0 Å². The van der Waals surface area contributed by atoms with Gasteiger partial charge < -0.3 is 0 Å². The molecule has 2 nitrogen and oxygen atoms in total. The van der Waals surface area contributed by atoms with Crippen molar-refractivity contribution in [2.24, 2.45) is 0 Å². The van der Waals surface area contributed by atoms with Crippen LogP contribution in [-0.4, -0.2) is 17.4 Å². The molecule has 0 bridgehead atoms. The smallest absolute Gasteiger partial charge is 0.137 e. The molecular formula is C8H13ClO2. The Labute approximate surface area is 72.2 Å². The number of allylic oxidation sites excluding steroid dienone is 1. The number of carbonyl (C=O) groups is 2. The molecule has 0 aromatic carbocycles. The van der Waals surface area contributed by atoms with Gasteiger partial charge in [-0.15, -0.1) is 18.2 Å². The molecule has 0 atom stereocenters. The molecule has 0 rings (SSSR count). The highest BCUT2D eigenvalue weighted by Crippen LogP contribution is 1.80. The summed E-state index contributed by atoms with van der Waals surface area (Å²) in [6.07, 6.45) is 1.72. The van der Waals surface area contributed by atoms with Crippen molar-refractivity contribution in [3.05, 3.63) is 12.7 Å². The van der Waals surface area contributed by atoms with E-state index in [9.17, 15) is 9.59 Å². The van der Waals surface area contributed by atoms with E-state index in [0.29, 0.717) is 5.88 Å². The van der Waals surface area contributed by atoms with E-state index in [4.69, 9.17) is 11.6 Å². The average molecular weight is 177 g/mol. The Morgan fingerprint density at radius 1 is 1.36 bits per heavy atom. The van der Waals surface area contributed by atoms with Gasteiger partial charge in [0, 0.05) is 5.88 Å². The summed E-state index contributed by atoms with van der Waals surface area (Å²) in [6.45, 7) is 6.16. The standard InChI is InChI=1S/C5H8O2.C3H5Cl/c1-4(6)3-5(2)7;1-2-3-4/h3H2,1-2H3;2H,1,3H2. The molecule has 0 heterocycles. The zero-order valence-electron chi connectivity index (χ0n) is 6.89. The third-order valence-electron chi connectivity index (χ3n) is 0.607. The summed E-state index contributed by atoms with van der Waals surface area (Å²) in [7, 11) is 0. The Hall–Kier alpha value is -0.630. The van der Waals surface area contributed by atoms with Gasteiger partial charge in [-0.3, -0.25) is 9.59 Å². The van der Waals surface area contributed by atoms with E-state index in [1.807, 2.05) is 0 Å². The van der Waals surface area contributed by atoms with Gasteiger partial charge in [0.05, 0.1) is 6.42 Å². The molecule has 0 saturated carbocycles. The third kappa shape index (κ3) is 26.7. The molecule has 0 unspecified atom stereocenters. The molecule has 0 aliphatic carbocycles. The van der Waals surface area contributed by atoms with Crippen molar-refractivity contribution in [3.63, 3.8) is 0 Å². The van der Waals surface area contributed by atoms with Crippen LogP contribution in [0.25, 0.3) is 0 Å². The van der Waals surface area contributed by atoms with Gasteiger partial charge in [-0.2, -0.15) is 0 Å². The van der Waals surface area contributed by atoms with E-state index in [1.165, 1.54) is 13.8 Å². The second-order valence-electron chi connectivity index (χ2n) is 2.02. The number of halogens is 1. The number of ketones is 2. The van der Waals surface area contributed by atoms with Crippen LogP contribution in [0.15, 0.2) is 12.7 Å². The molecule has 0 aliphatic rings. The van der Waals surface area contributed by atoms with Crippen molar-refractivity contribution < 1.29 is 9.59 Å². The molecule has 3 heteroatoms. The van der Waals surface area contributed by atoms with Crippen molar-refractivity contribution in [1.82, 2.24) is 0 Å². The molecule has 0 spiro atoms. The summed E-state index contributed by atoms with van der Waals surface area (Å²) in [5.74, 6) is 0.431. The van der Waals surface area contributed by atoms with Gasteiger partial charge in [0.25, 0.3) is 0 Å². The maximum atomic E-state index is 10.0. The first-order valence-electron chi connectivity index (χ1n) is 3.20. The van der Waals surface area contributed by atoms with Gasteiger partial charge in [-0.25, -0.2) is 0 Å². The molecule has 0 fully saturated rings. The fourth-order valence-corrected chi connectivity index (χ4v) is 0.351. The number of carbonyl (C=O) groups excluding carboxylic acids is 2. The Morgan fingerprint density at radius 2 is 1.64 bits per heavy atom. The van der Waals surface area contributed by atoms with Crippen molar-refractivity contribution in [3.8, 4) is 0 Å². The SMILES string of the molecule is C=CCCl.CC(=O)CC(C)=O. The predicted molar refractivity (Wildman–Crippen MR) is 46.9 cm³/mol. The fourth-order valence-electron chi connectivity index (χ4n) is 0.351.